The van der Waals surface area contributed by atoms with Crippen LogP contribution in [-0.4, -0.2) is 33.5 Å². The average Bonchev–Trinajstić information content (AvgIpc) is 3.39. The number of benzene rings is 2. The second-order valence-corrected chi connectivity index (χ2v) is 8.00. The Balaban J connectivity index is 1.61. The molecule has 0 aliphatic rings. The number of amides is 1. The molecule has 9 heteroatoms. The number of carbonyl (C=O) groups is 1. The Morgan fingerprint density at radius 2 is 1.94 bits per heavy atom. The van der Waals surface area contributed by atoms with Gasteiger partial charge in [-0.1, -0.05) is 28.5 Å². The van der Waals surface area contributed by atoms with E-state index in [1.807, 2.05) is 53.1 Å². The van der Waals surface area contributed by atoms with Crippen molar-refractivity contribution in [2.45, 2.75) is 12.1 Å². The third-order valence-electron chi connectivity index (χ3n) is 4.43. The molecule has 1 N–H and O–H groups in total. The number of carbonyl (C=O) groups excluding carboxylic acids is 1. The van der Waals surface area contributed by atoms with Crippen molar-refractivity contribution in [1.82, 2.24) is 14.7 Å². The SMILES string of the molecule is COc1ccc(-c2cnc(SCC(=O)Nc3cc(C)on3)n2-c2ccc(Cl)cc2)cc1. The second-order valence-electron chi connectivity index (χ2n) is 6.63. The van der Waals surface area contributed by atoms with Crippen LogP contribution in [-0.2, 0) is 4.79 Å². The molecule has 0 radical (unpaired) electrons. The molecule has 7 nitrogen and oxygen atoms in total. The first-order valence-corrected chi connectivity index (χ1v) is 10.7. The highest BCUT2D eigenvalue weighted by molar-refractivity contribution is 7.99. The van der Waals surface area contributed by atoms with Crippen molar-refractivity contribution in [1.29, 1.82) is 0 Å². The number of thioether (sulfide) groups is 1. The zero-order chi connectivity index (χ0) is 21.8. The van der Waals surface area contributed by atoms with Crippen molar-refractivity contribution >= 4 is 35.1 Å². The maximum Gasteiger partial charge on any atom is 0.236 e. The molecule has 31 heavy (non-hydrogen) atoms. The predicted molar refractivity (Wildman–Crippen MR) is 121 cm³/mol. The molecule has 2 aromatic heterocycles. The molecular weight excluding hydrogens is 436 g/mol. The minimum absolute atomic E-state index is 0.165. The highest BCUT2D eigenvalue weighted by Gasteiger charge is 2.16. The number of nitrogens with zero attached hydrogens (tertiary/aromatic N) is 3. The van der Waals surface area contributed by atoms with Gasteiger partial charge in [0.05, 0.1) is 24.8 Å². The number of imidazole rings is 1. The van der Waals surface area contributed by atoms with Gasteiger partial charge in [0.25, 0.3) is 0 Å². The van der Waals surface area contributed by atoms with E-state index >= 15 is 0 Å². The van der Waals surface area contributed by atoms with Crippen LogP contribution in [0.5, 0.6) is 5.75 Å². The quantitative estimate of drug-likeness (QED) is 0.385. The molecule has 0 fully saturated rings. The summed E-state index contributed by atoms with van der Waals surface area (Å²) in [6, 6.07) is 16.9. The first kappa shape index (κ1) is 21.0. The van der Waals surface area contributed by atoms with Crippen LogP contribution in [0, 0.1) is 6.92 Å². The second kappa shape index (κ2) is 9.28. The number of aromatic nitrogens is 3. The molecule has 0 bridgehead atoms. The van der Waals surface area contributed by atoms with Crippen LogP contribution in [0.1, 0.15) is 5.76 Å². The molecule has 0 aliphatic carbocycles. The van der Waals surface area contributed by atoms with E-state index in [4.69, 9.17) is 20.9 Å². The van der Waals surface area contributed by atoms with Crippen molar-refractivity contribution in [2.24, 2.45) is 0 Å². The topological polar surface area (TPSA) is 82.2 Å². The average molecular weight is 455 g/mol. The molecule has 0 saturated heterocycles. The van der Waals surface area contributed by atoms with Crippen molar-refractivity contribution in [3.63, 3.8) is 0 Å². The number of rotatable bonds is 7. The third-order valence-corrected chi connectivity index (χ3v) is 5.63. The van der Waals surface area contributed by atoms with E-state index in [0.29, 0.717) is 21.8 Å². The van der Waals surface area contributed by atoms with Gasteiger partial charge in [0.15, 0.2) is 11.0 Å². The van der Waals surface area contributed by atoms with Gasteiger partial charge < -0.3 is 14.6 Å². The number of halogens is 1. The van der Waals surface area contributed by atoms with E-state index in [-0.39, 0.29) is 11.7 Å². The maximum atomic E-state index is 12.4. The zero-order valence-corrected chi connectivity index (χ0v) is 18.4. The fourth-order valence-corrected chi connectivity index (χ4v) is 3.89. The first-order chi connectivity index (χ1) is 15.0. The van der Waals surface area contributed by atoms with Crippen LogP contribution >= 0.6 is 23.4 Å². The maximum absolute atomic E-state index is 12.4. The molecule has 0 spiro atoms. The lowest BCUT2D eigenvalue weighted by Gasteiger charge is -2.12. The third kappa shape index (κ3) is 4.92. The van der Waals surface area contributed by atoms with Crippen molar-refractivity contribution in [2.75, 3.05) is 18.2 Å². The number of nitrogens with one attached hydrogen (secondary N) is 1. The van der Waals surface area contributed by atoms with Gasteiger partial charge >= 0.3 is 0 Å². The number of methoxy groups -OCH3 is 1. The minimum atomic E-state index is -0.199. The minimum Gasteiger partial charge on any atom is -0.497 e. The Bertz CT molecular complexity index is 1190. The molecule has 0 saturated carbocycles. The summed E-state index contributed by atoms with van der Waals surface area (Å²) in [5.41, 5.74) is 2.75. The Morgan fingerprint density at radius 1 is 1.19 bits per heavy atom. The fraction of sp³-hybridized carbons (Fsp3) is 0.136. The Kier molecular flexibility index (Phi) is 6.29. The first-order valence-electron chi connectivity index (χ1n) is 9.37. The molecule has 4 rings (SSSR count). The van der Waals surface area contributed by atoms with Crippen LogP contribution < -0.4 is 10.1 Å². The molecule has 0 aliphatic heterocycles. The summed E-state index contributed by atoms with van der Waals surface area (Å²) < 4.78 is 12.2. The van der Waals surface area contributed by atoms with E-state index in [1.165, 1.54) is 11.8 Å². The predicted octanol–water partition coefficient (Wildman–Crippen LogP) is 5.23. The monoisotopic (exact) mass is 454 g/mol. The highest BCUT2D eigenvalue weighted by Crippen LogP contribution is 2.31. The summed E-state index contributed by atoms with van der Waals surface area (Å²) in [5, 5.41) is 7.83. The lowest BCUT2D eigenvalue weighted by molar-refractivity contribution is -0.113. The number of hydrogen-bond donors (Lipinski definition) is 1. The lowest BCUT2D eigenvalue weighted by Crippen LogP contribution is -2.14. The summed E-state index contributed by atoms with van der Waals surface area (Å²) >= 11 is 7.40. The molecule has 0 unspecified atom stereocenters. The van der Waals surface area contributed by atoms with Gasteiger partial charge in [-0.2, -0.15) is 0 Å². The van der Waals surface area contributed by atoms with Crippen LogP contribution in [0.4, 0.5) is 5.82 Å². The summed E-state index contributed by atoms with van der Waals surface area (Å²) in [6.07, 6.45) is 1.79. The fourth-order valence-electron chi connectivity index (χ4n) is 2.98. The van der Waals surface area contributed by atoms with Gasteiger partial charge in [0.1, 0.15) is 11.5 Å². The Labute approximate surface area is 188 Å². The van der Waals surface area contributed by atoms with Gasteiger partial charge in [-0.15, -0.1) is 0 Å². The highest BCUT2D eigenvalue weighted by atomic mass is 35.5. The van der Waals surface area contributed by atoms with Crippen molar-refractivity contribution in [3.05, 3.63) is 71.6 Å². The van der Waals surface area contributed by atoms with E-state index < -0.39 is 0 Å². The summed E-state index contributed by atoms with van der Waals surface area (Å²) in [5.74, 6) is 1.76. The van der Waals surface area contributed by atoms with Gasteiger partial charge in [0.2, 0.25) is 5.91 Å². The molecule has 1 amide bonds. The van der Waals surface area contributed by atoms with Crippen LogP contribution in [0.25, 0.3) is 16.9 Å². The van der Waals surface area contributed by atoms with E-state index in [1.54, 1.807) is 26.3 Å². The Hall–Kier alpha value is -3.23. The van der Waals surface area contributed by atoms with Gasteiger partial charge in [-0.05, 0) is 55.5 Å². The van der Waals surface area contributed by atoms with Crippen LogP contribution in [0.3, 0.4) is 0 Å². The largest absolute Gasteiger partial charge is 0.497 e. The number of anilines is 1. The van der Waals surface area contributed by atoms with Crippen LogP contribution in [0.2, 0.25) is 5.02 Å². The summed E-state index contributed by atoms with van der Waals surface area (Å²) in [4.78, 5) is 16.9. The molecule has 2 heterocycles. The Morgan fingerprint density at radius 3 is 2.58 bits per heavy atom. The van der Waals surface area contributed by atoms with Gasteiger partial charge in [-0.25, -0.2) is 4.98 Å². The lowest BCUT2D eigenvalue weighted by atomic mass is 10.1. The normalized spacial score (nSPS) is 10.8. The summed E-state index contributed by atoms with van der Waals surface area (Å²) in [6.45, 7) is 1.76. The van der Waals surface area contributed by atoms with Crippen molar-refractivity contribution in [3.8, 4) is 22.7 Å². The van der Waals surface area contributed by atoms with E-state index in [0.717, 1.165) is 22.7 Å². The number of hydrogen-bond acceptors (Lipinski definition) is 6. The smallest absolute Gasteiger partial charge is 0.236 e. The van der Waals surface area contributed by atoms with Crippen LogP contribution in [0.15, 0.2) is 70.5 Å². The zero-order valence-electron chi connectivity index (χ0n) is 16.8. The summed E-state index contributed by atoms with van der Waals surface area (Å²) in [7, 11) is 1.63. The molecule has 0 atom stereocenters. The van der Waals surface area contributed by atoms with Gasteiger partial charge in [-0.3, -0.25) is 9.36 Å². The number of aryl methyl sites for hydroxylation is 1. The van der Waals surface area contributed by atoms with E-state index in [9.17, 15) is 4.79 Å². The standard InChI is InChI=1S/C22H19ClN4O3S/c1-14-11-20(26-30-14)25-21(28)13-31-22-24-12-19(15-3-9-18(29-2)10-4-15)27(22)17-7-5-16(23)6-8-17/h3-12H,13H2,1-2H3,(H,25,26,28). The molecule has 158 valence electrons. The van der Waals surface area contributed by atoms with Crippen molar-refractivity contribution < 1.29 is 14.1 Å². The van der Waals surface area contributed by atoms with Gasteiger partial charge in [0, 0.05) is 22.3 Å². The molecular formula is C22H19ClN4O3S. The van der Waals surface area contributed by atoms with E-state index in [2.05, 4.69) is 15.5 Å². The number of ether oxygens (including phenoxy) is 1. The molecule has 4 aromatic rings. The molecule has 2 aromatic carbocycles.